The maximum absolute atomic E-state index is 12.9. The summed E-state index contributed by atoms with van der Waals surface area (Å²) in [6, 6.07) is 25.0. The second-order valence-corrected chi connectivity index (χ2v) is 8.67. The quantitative estimate of drug-likeness (QED) is 0.291. The molecule has 1 aliphatic heterocycles. The lowest BCUT2D eigenvalue weighted by molar-refractivity contribution is 0.102. The molecule has 0 radical (unpaired) electrons. The summed E-state index contributed by atoms with van der Waals surface area (Å²) in [5.41, 5.74) is 4.93. The zero-order valence-corrected chi connectivity index (χ0v) is 19.8. The predicted molar refractivity (Wildman–Crippen MR) is 144 cm³/mol. The number of aromatic nitrogens is 1. The van der Waals surface area contributed by atoms with Crippen molar-refractivity contribution in [1.82, 2.24) is 9.88 Å². The fraction of sp³-hybridized carbons (Fsp3) is 0.0714. The molecule has 0 spiro atoms. The van der Waals surface area contributed by atoms with E-state index in [0.717, 1.165) is 28.0 Å². The minimum Gasteiger partial charge on any atom is -0.362 e. The van der Waals surface area contributed by atoms with Crippen molar-refractivity contribution in [2.45, 2.75) is 6.17 Å². The van der Waals surface area contributed by atoms with Crippen LogP contribution in [0.2, 0.25) is 0 Å². The van der Waals surface area contributed by atoms with Crippen molar-refractivity contribution < 1.29 is 4.79 Å². The molecule has 5 rings (SSSR count). The van der Waals surface area contributed by atoms with E-state index < -0.39 is 0 Å². The summed E-state index contributed by atoms with van der Waals surface area (Å²) in [5, 5.41) is 11.5. The van der Waals surface area contributed by atoms with Gasteiger partial charge in [0.2, 0.25) is 0 Å². The molecule has 1 atom stereocenters. The fourth-order valence-corrected chi connectivity index (χ4v) is 4.05. The second kappa shape index (κ2) is 9.91. The van der Waals surface area contributed by atoms with Crippen molar-refractivity contribution in [3.8, 4) is 0 Å². The first-order valence-corrected chi connectivity index (χ1v) is 11.6. The lowest BCUT2D eigenvalue weighted by atomic mass is 10.1. The summed E-state index contributed by atoms with van der Waals surface area (Å²) in [5.74, 6) is -0.181. The number of fused-ring (bicyclic) bond motifs is 1. The molecule has 1 amide bonds. The number of amides is 1. The van der Waals surface area contributed by atoms with Gasteiger partial charge < -0.3 is 20.9 Å². The number of carbonyl (C=O) groups excluding carboxylic acids is 1. The number of para-hydroxylation sites is 1. The number of carbonyl (C=O) groups is 1. The maximum atomic E-state index is 12.9. The van der Waals surface area contributed by atoms with Crippen LogP contribution in [0.25, 0.3) is 10.9 Å². The summed E-state index contributed by atoms with van der Waals surface area (Å²) in [6.07, 6.45) is 7.35. The molecule has 0 saturated heterocycles. The zero-order valence-electron chi connectivity index (χ0n) is 19.1. The highest BCUT2D eigenvalue weighted by Crippen LogP contribution is 2.26. The van der Waals surface area contributed by atoms with Crippen LogP contribution in [0.4, 0.5) is 22.7 Å². The van der Waals surface area contributed by atoms with Crippen molar-refractivity contribution in [3.63, 3.8) is 0 Å². The Hall–Kier alpha value is -4.29. The molecule has 174 valence electrons. The van der Waals surface area contributed by atoms with Gasteiger partial charge in [0.1, 0.15) is 6.17 Å². The number of likely N-dealkylation sites (N-methyl/N-ethyl adjacent to an activating group) is 1. The summed E-state index contributed by atoms with van der Waals surface area (Å²) in [6.45, 7) is 0. The molecule has 6 nitrogen and oxygen atoms in total. The predicted octanol–water partition coefficient (Wildman–Crippen LogP) is 6.55. The SMILES string of the molecule is CN1C=CC(Cl)=CC1Nc1cccc(C(=O)Nc2ccc(Nc3ccnc4ccccc34)cc2)c1. The van der Waals surface area contributed by atoms with Gasteiger partial charge in [-0.3, -0.25) is 9.78 Å². The van der Waals surface area contributed by atoms with Crippen LogP contribution in [-0.4, -0.2) is 29.0 Å². The van der Waals surface area contributed by atoms with E-state index in [1.807, 2.05) is 103 Å². The van der Waals surface area contributed by atoms with Gasteiger partial charge in [-0.15, -0.1) is 0 Å². The molecule has 1 aromatic heterocycles. The maximum Gasteiger partial charge on any atom is 0.255 e. The van der Waals surface area contributed by atoms with Crippen molar-refractivity contribution in [1.29, 1.82) is 0 Å². The van der Waals surface area contributed by atoms with E-state index in [1.54, 1.807) is 12.3 Å². The van der Waals surface area contributed by atoms with E-state index in [2.05, 4.69) is 20.9 Å². The summed E-state index contributed by atoms with van der Waals surface area (Å²) < 4.78 is 0. The number of allylic oxidation sites excluding steroid dienone is 2. The number of nitrogens with zero attached hydrogens (tertiary/aromatic N) is 2. The van der Waals surface area contributed by atoms with Crippen LogP contribution in [0, 0.1) is 0 Å². The molecule has 0 bridgehead atoms. The Bertz CT molecular complexity index is 1430. The van der Waals surface area contributed by atoms with Gasteiger partial charge in [0.25, 0.3) is 5.91 Å². The Balaban J connectivity index is 1.25. The lowest BCUT2D eigenvalue weighted by Gasteiger charge is -2.28. The number of pyridine rings is 1. The molecule has 35 heavy (non-hydrogen) atoms. The molecule has 3 N–H and O–H groups in total. The van der Waals surface area contributed by atoms with Crippen LogP contribution in [0.5, 0.6) is 0 Å². The van der Waals surface area contributed by atoms with Crippen molar-refractivity contribution in [2.75, 3.05) is 23.0 Å². The van der Waals surface area contributed by atoms with Crippen molar-refractivity contribution >= 4 is 51.2 Å². The molecule has 1 unspecified atom stereocenters. The molecule has 0 saturated carbocycles. The van der Waals surface area contributed by atoms with Crippen LogP contribution < -0.4 is 16.0 Å². The molecular weight excluding hydrogens is 458 g/mol. The summed E-state index contributed by atoms with van der Waals surface area (Å²) in [7, 11) is 1.96. The van der Waals surface area contributed by atoms with Gasteiger partial charge in [-0.05, 0) is 66.7 Å². The van der Waals surface area contributed by atoms with Gasteiger partial charge in [-0.25, -0.2) is 0 Å². The molecule has 0 aliphatic carbocycles. The third kappa shape index (κ3) is 5.28. The number of hydrogen-bond acceptors (Lipinski definition) is 5. The third-order valence-corrected chi connectivity index (χ3v) is 5.99. The Kier molecular flexibility index (Phi) is 6.37. The number of halogens is 1. The van der Waals surface area contributed by atoms with Gasteiger partial charge in [0.05, 0.1) is 5.52 Å². The number of anilines is 4. The Morgan fingerprint density at radius 1 is 0.943 bits per heavy atom. The smallest absolute Gasteiger partial charge is 0.255 e. The number of hydrogen-bond donors (Lipinski definition) is 3. The highest BCUT2D eigenvalue weighted by Gasteiger charge is 2.14. The van der Waals surface area contributed by atoms with E-state index in [0.29, 0.717) is 16.3 Å². The van der Waals surface area contributed by atoms with E-state index in [-0.39, 0.29) is 12.1 Å². The first-order chi connectivity index (χ1) is 17.0. The van der Waals surface area contributed by atoms with Crippen LogP contribution >= 0.6 is 11.6 Å². The molecule has 4 aromatic rings. The van der Waals surface area contributed by atoms with Crippen LogP contribution in [-0.2, 0) is 0 Å². The van der Waals surface area contributed by atoms with Gasteiger partial charge in [0, 0.05) is 58.2 Å². The average Bonchev–Trinajstić information content (AvgIpc) is 2.88. The van der Waals surface area contributed by atoms with Crippen LogP contribution in [0.3, 0.4) is 0 Å². The summed E-state index contributed by atoms with van der Waals surface area (Å²) >= 11 is 6.13. The van der Waals surface area contributed by atoms with Gasteiger partial charge in [-0.2, -0.15) is 0 Å². The van der Waals surface area contributed by atoms with Crippen LogP contribution in [0.1, 0.15) is 10.4 Å². The number of nitrogens with one attached hydrogen (secondary N) is 3. The average molecular weight is 482 g/mol. The zero-order chi connectivity index (χ0) is 24.2. The second-order valence-electron chi connectivity index (χ2n) is 8.23. The highest BCUT2D eigenvalue weighted by atomic mass is 35.5. The van der Waals surface area contributed by atoms with E-state index in [9.17, 15) is 4.79 Å². The Morgan fingerprint density at radius 3 is 2.60 bits per heavy atom. The third-order valence-electron chi connectivity index (χ3n) is 5.73. The largest absolute Gasteiger partial charge is 0.362 e. The highest BCUT2D eigenvalue weighted by molar-refractivity contribution is 6.31. The fourth-order valence-electron chi connectivity index (χ4n) is 3.87. The van der Waals surface area contributed by atoms with Gasteiger partial charge in [-0.1, -0.05) is 35.9 Å². The van der Waals surface area contributed by atoms with Crippen molar-refractivity contribution in [3.05, 3.63) is 114 Å². The molecule has 0 fully saturated rings. The lowest BCUT2D eigenvalue weighted by Crippen LogP contribution is -2.34. The monoisotopic (exact) mass is 481 g/mol. The first-order valence-electron chi connectivity index (χ1n) is 11.2. The number of rotatable bonds is 6. The van der Waals surface area contributed by atoms with E-state index in [4.69, 9.17) is 11.6 Å². The minimum atomic E-state index is -0.181. The standard InChI is InChI=1S/C28H24ClN5O/c1-34-16-14-20(29)18-27(34)32-23-6-4-5-19(17-23)28(35)33-22-11-9-21(10-12-22)31-26-13-15-30-25-8-3-2-7-24(25)26/h2-18,27,32H,1H3,(H,30,31)(H,33,35). The molecule has 1 aliphatic rings. The van der Waals surface area contributed by atoms with E-state index in [1.165, 1.54) is 0 Å². The first kappa shape index (κ1) is 22.5. The molecular formula is C28H24ClN5O. The Labute approximate surface area is 208 Å². The molecule has 3 aromatic carbocycles. The van der Waals surface area contributed by atoms with Gasteiger partial charge >= 0.3 is 0 Å². The molecule has 7 heteroatoms. The van der Waals surface area contributed by atoms with Crippen molar-refractivity contribution in [2.24, 2.45) is 0 Å². The van der Waals surface area contributed by atoms with E-state index >= 15 is 0 Å². The molecule has 2 heterocycles. The summed E-state index contributed by atoms with van der Waals surface area (Å²) in [4.78, 5) is 19.3. The minimum absolute atomic E-state index is 0.0941. The van der Waals surface area contributed by atoms with Gasteiger partial charge in [0.15, 0.2) is 0 Å². The van der Waals surface area contributed by atoms with Crippen LogP contribution in [0.15, 0.2) is 108 Å². The normalized spacial score (nSPS) is 15.0. The Morgan fingerprint density at radius 2 is 1.74 bits per heavy atom. The topological polar surface area (TPSA) is 69.3 Å². The number of benzene rings is 3.